The minimum Gasteiger partial charge on any atom is -0.325 e. The van der Waals surface area contributed by atoms with Crippen LogP contribution in [0, 0.1) is 0 Å². The van der Waals surface area contributed by atoms with E-state index in [0.717, 1.165) is 17.1 Å². The quantitative estimate of drug-likeness (QED) is 0.667. The lowest BCUT2D eigenvalue weighted by molar-refractivity contribution is 1.00. The zero-order valence-electron chi connectivity index (χ0n) is 5.71. The summed E-state index contributed by atoms with van der Waals surface area (Å²) in [6, 6.07) is 0. The number of allylic oxidation sites excluding steroid dienone is 1. The third-order valence-corrected chi connectivity index (χ3v) is 2.05. The van der Waals surface area contributed by atoms with E-state index in [2.05, 4.69) is 11.6 Å². The van der Waals surface area contributed by atoms with E-state index < -0.39 is 0 Å². The standard InChI is InChI=1S/C7H10N2S/c1-2-3-6-5-10-7(4-8)9-6/h2,5H,1,3-4,8H2. The van der Waals surface area contributed by atoms with E-state index in [0.29, 0.717) is 6.54 Å². The van der Waals surface area contributed by atoms with Gasteiger partial charge in [-0.25, -0.2) is 4.98 Å². The van der Waals surface area contributed by atoms with Crippen LogP contribution in [0.2, 0.25) is 0 Å². The number of hydrogen-bond donors (Lipinski definition) is 1. The van der Waals surface area contributed by atoms with E-state index in [1.165, 1.54) is 0 Å². The molecule has 0 fully saturated rings. The molecule has 1 aromatic heterocycles. The second-order valence-corrected chi connectivity index (χ2v) is 2.87. The molecular weight excluding hydrogens is 144 g/mol. The zero-order chi connectivity index (χ0) is 7.40. The van der Waals surface area contributed by atoms with Gasteiger partial charge in [0.1, 0.15) is 5.01 Å². The van der Waals surface area contributed by atoms with Crippen LogP contribution >= 0.6 is 11.3 Å². The Morgan fingerprint density at radius 2 is 2.60 bits per heavy atom. The number of hydrogen-bond acceptors (Lipinski definition) is 3. The first-order valence-electron chi connectivity index (χ1n) is 3.11. The molecule has 1 heterocycles. The minimum absolute atomic E-state index is 0.543. The topological polar surface area (TPSA) is 38.9 Å². The molecule has 2 nitrogen and oxygen atoms in total. The zero-order valence-corrected chi connectivity index (χ0v) is 6.53. The first-order chi connectivity index (χ1) is 4.86. The van der Waals surface area contributed by atoms with Crippen molar-refractivity contribution in [2.45, 2.75) is 13.0 Å². The predicted octanol–water partition coefficient (Wildman–Crippen LogP) is 1.33. The van der Waals surface area contributed by atoms with Crippen molar-refractivity contribution < 1.29 is 0 Å². The van der Waals surface area contributed by atoms with Gasteiger partial charge >= 0.3 is 0 Å². The molecule has 3 heteroatoms. The predicted molar refractivity (Wildman–Crippen MR) is 43.9 cm³/mol. The number of rotatable bonds is 3. The number of nitrogens with zero attached hydrogens (tertiary/aromatic N) is 1. The maximum Gasteiger partial charge on any atom is 0.106 e. The average Bonchev–Trinajstić information content (AvgIpc) is 2.37. The summed E-state index contributed by atoms with van der Waals surface area (Å²) in [5, 5.41) is 3.01. The maximum atomic E-state index is 5.38. The SMILES string of the molecule is C=CCc1csc(CN)n1. The molecule has 0 saturated heterocycles. The molecule has 0 atom stereocenters. The fourth-order valence-corrected chi connectivity index (χ4v) is 1.37. The highest BCUT2D eigenvalue weighted by molar-refractivity contribution is 7.09. The van der Waals surface area contributed by atoms with Crippen LogP contribution in [0.1, 0.15) is 10.7 Å². The number of aromatic nitrogens is 1. The highest BCUT2D eigenvalue weighted by Crippen LogP contribution is 2.08. The van der Waals surface area contributed by atoms with Crippen molar-refractivity contribution in [1.29, 1.82) is 0 Å². The molecule has 2 N–H and O–H groups in total. The lowest BCUT2D eigenvalue weighted by Gasteiger charge is -1.84. The monoisotopic (exact) mass is 154 g/mol. The summed E-state index contributed by atoms with van der Waals surface area (Å²) in [6.07, 6.45) is 2.69. The van der Waals surface area contributed by atoms with Crippen molar-refractivity contribution in [3.63, 3.8) is 0 Å². The second kappa shape index (κ2) is 3.49. The number of thiazole rings is 1. The van der Waals surface area contributed by atoms with E-state index in [4.69, 9.17) is 5.73 Å². The molecule has 1 rings (SSSR count). The molecule has 0 radical (unpaired) electrons. The van der Waals surface area contributed by atoms with Gasteiger partial charge in [-0.1, -0.05) is 6.08 Å². The third kappa shape index (κ3) is 1.65. The first kappa shape index (κ1) is 7.44. The van der Waals surface area contributed by atoms with Crippen molar-refractivity contribution in [3.05, 3.63) is 28.7 Å². The summed E-state index contributed by atoms with van der Waals surface area (Å²) >= 11 is 1.61. The molecule has 0 unspecified atom stereocenters. The van der Waals surface area contributed by atoms with Gasteiger partial charge in [0.05, 0.1) is 5.69 Å². The molecule has 10 heavy (non-hydrogen) atoms. The van der Waals surface area contributed by atoms with Gasteiger partial charge in [-0.05, 0) is 0 Å². The Bertz CT molecular complexity index is 217. The Morgan fingerprint density at radius 1 is 1.80 bits per heavy atom. The van der Waals surface area contributed by atoms with Crippen LogP contribution < -0.4 is 5.73 Å². The Labute approximate surface area is 64.4 Å². The fourth-order valence-electron chi connectivity index (χ4n) is 0.684. The molecule has 0 aliphatic rings. The van der Waals surface area contributed by atoms with Gasteiger partial charge in [0.25, 0.3) is 0 Å². The molecule has 0 aliphatic carbocycles. The van der Waals surface area contributed by atoms with Crippen LogP contribution in [-0.4, -0.2) is 4.98 Å². The average molecular weight is 154 g/mol. The number of nitrogens with two attached hydrogens (primary N) is 1. The lowest BCUT2D eigenvalue weighted by Crippen LogP contribution is -1.95. The normalized spacial score (nSPS) is 9.70. The van der Waals surface area contributed by atoms with Gasteiger partial charge in [-0.2, -0.15) is 0 Å². The summed E-state index contributed by atoms with van der Waals surface area (Å²) < 4.78 is 0. The summed E-state index contributed by atoms with van der Waals surface area (Å²) in [4.78, 5) is 4.24. The van der Waals surface area contributed by atoms with Gasteiger partial charge in [0, 0.05) is 18.3 Å². The van der Waals surface area contributed by atoms with Crippen LogP contribution in [0.4, 0.5) is 0 Å². The minimum atomic E-state index is 0.543. The van der Waals surface area contributed by atoms with Gasteiger partial charge < -0.3 is 5.73 Å². The highest BCUT2D eigenvalue weighted by Gasteiger charge is 1.96. The molecule has 0 spiro atoms. The van der Waals surface area contributed by atoms with E-state index in [9.17, 15) is 0 Å². The molecule has 1 aromatic rings. The summed E-state index contributed by atoms with van der Waals surface area (Å²) in [7, 11) is 0. The van der Waals surface area contributed by atoms with Crippen molar-refractivity contribution in [3.8, 4) is 0 Å². The van der Waals surface area contributed by atoms with Crippen molar-refractivity contribution in [2.24, 2.45) is 5.73 Å². The molecule has 0 amide bonds. The molecule has 0 aliphatic heterocycles. The van der Waals surface area contributed by atoms with Crippen LogP contribution in [0.5, 0.6) is 0 Å². The largest absolute Gasteiger partial charge is 0.325 e. The van der Waals surface area contributed by atoms with E-state index in [1.54, 1.807) is 11.3 Å². The summed E-state index contributed by atoms with van der Waals surface area (Å²) in [6.45, 7) is 4.17. The van der Waals surface area contributed by atoms with Crippen molar-refractivity contribution >= 4 is 11.3 Å². The van der Waals surface area contributed by atoms with Gasteiger partial charge in [0.2, 0.25) is 0 Å². The fraction of sp³-hybridized carbons (Fsp3) is 0.286. The van der Waals surface area contributed by atoms with Crippen molar-refractivity contribution in [1.82, 2.24) is 4.98 Å². The Kier molecular flexibility index (Phi) is 2.59. The molecule has 0 aromatic carbocycles. The van der Waals surface area contributed by atoms with Crippen LogP contribution in [0.25, 0.3) is 0 Å². The van der Waals surface area contributed by atoms with Gasteiger partial charge in [0.15, 0.2) is 0 Å². The maximum absolute atomic E-state index is 5.38. The van der Waals surface area contributed by atoms with E-state index in [-0.39, 0.29) is 0 Å². The van der Waals surface area contributed by atoms with Crippen LogP contribution in [-0.2, 0) is 13.0 Å². The van der Waals surface area contributed by atoms with Crippen molar-refractivity contribution in [2.75, 3.05) is 0 Å². The first-order valence-corrected chi connectivity index (χ1v) is 3.99. The smallest absolute Gasteiger partial charge is 0.106 e. The Morgan fingerprint density at radius 3 is 3.10 bits per heavy atom. The van der Waals surface area contributed by atoms with E-state index >= 15 is 0 Å². The molecule has 54 valence electrons. The molecule has 0 bridgehead atoms. The van der Waals surface area contributed by atoms with Gasteiger partial charge in [-0.3, -0.25) is 0 Å². The van der Waals surface area contributed by atoms with Gasteiger partial charge in [-0.15, -0.1) is 17.9 Å². The molecular formula is C7H10N2S. The Balaban J connectivity index is 2.67. The van der Waals surface area contributed by atoms with Crippen LogP contribution in [0.3, 0.4) is 0 Å². The highest BCUT2D eigenvalue weighted by atomic mass is 32.1. The third-order valence-electron chi connectivity index (χ3n) is 1.13. The second-order valence-electron chi connectivity index (χ2n) is 1.93. The van der Waals surface area contributed by atoms with Crippen LogP contribution in [0.15, 0.2) is 18.0 Å². The summed E-state index contributed by atoms with van der Waals surface area (Å²) in [5.41, 5.74) is 6.45. The summed E-state index contributed by atoms with van der Waals surface area (Å²) in [5.74, 6) is 0. The lowest BCUT2D eigenvalue weighted by atomic mass is 10.3. The van der Waals surface area contributed by atoms with E-state index in [1.807, 2.05) is 11.5 Å². The molecule has 0 saturated carbocycles. The Hall–Kier alpha value is -0.670.